The van der Waals surface area contributed by atoms with Crippen LogP contribution in [0.3, 0.4) is 0 Å². The minimum Gasteiger partial charge on any atom is -0.497 e. The number of nitrogens with two attached hydrogens (primary N) is 1. The largest absolute Gasteiger partial charge is 0.497 e. The fourth-order valence-electron chi connectivity index (χ4n) is 2.82. The summed E-state index contributed by atoms with van der Waals surface area (Å²) in [6.07, 6.45) is 0. The minimum absolute atomic E-state index is 0.0311. The van der Waals surface area contributed by atoms with E-state index in [0.717, 1.165) is 29.0 Å². The standard InChI is InChI=1S/C18H20BrN3O2/c1-24-15-5-3-14(4-6-15)21-8-10-22(11-9-21)18(23)13-2-7-16(19)17(20)12-13/h2-7,12H,8-11,20H2,1H3. The van der Waals surface area contributed by atoms with E-state index in [9.17, 15) is 4.79 Å². The third-order valence-corrected chi connectivity index (χ3v) is 4.97. The van der Waals surface area contributed by atoms with Gasteiger partial charge in [-0.25, -0.2) is 0 Å². The topological polar surface area (TPSA) is 58.8 Å². The first-order valence-corrected chi connectivity index (χ1v) is 8.61. The predicted octanol–water partition coefficient (Wildman–Crippen LogP) is 3.00. The Morgan fingerprint density at radius 1 is 1.08 bits per heavy atom. The van der Waals surface area contributed by atoms with Gasteiger partial charge in [-0.2, -0.15) is 0 Å². The Balaban J connectivity index is 1.63. The van der Waals surface area contributed by atoms with E-state index >= 15 is 0 Å². The first-order valence-electron chi connectivity index (χ1n) is 7.82. The molecule has 0 atom stereocenters. The van der Waals surface area contributed by atoms with Crippen LogP contribution in [-0.4, -0.2) is 44.1 Å². The normalized spacial score (nSPS) is 14.6. The number of hydrogen-bond acceptors (Lipinski definition) is 4. The summed E-state index contributed by atoms with van der Waals surface area (Å²) in [6.45, 7) is 3.01. The highest BCUT2D eigenvalue weighted by molar-refractivity contribution is 9.10. The molecule has 2 aromatic carbocycles. The van der Waals surface area contributed by atoms with Crippen LogP contribution in [0.5, 0.6) is 5.75 Å². The highest BCUT2D eigenvalue weighted by Crippen LogP contribution is 2.23. The number of nitrogens with zero attached hydrogens (tertiary/aromatic N) is 2. The van der Waals surface area contributed by atoms with Gasteiger partial charge in [0, 0.05) is 47.6 Å². The highest BCUT2D eigenvalue weighted by atomic mass is 79.9. The molecule has 6 heteroatoms. The Labute approximate surface area is 150 Å². The number of methoxy groups -OCH3 is 1. The summed E-state index contributed by atoms with van der Waals surface area (Å²) in [6, 6.07) is 13.4. The Morgan fingerprint density at radius 2 is 1.75 bits per heavy atom. The Hall–Kier alpha value is -2.21. The van der Waals surface area contributed by atoms with E-state index in [4.69, 9.17) is 10.5 Å². The molecule has 0 unspecified atom stereocenters. The van der Waals surface area contributed by atoms with Gasteiger partial charge < -0.3 is 20.3 Å². The lowest BCUT2D eigenvalue weighted by atomic mass is 10.1. The molecule has 126 valence electrons. The van der Waals surface area contributed by atoms with Crippen molar-refractivity contribution in [3.63, 3.8) is 0 Å². The summed E-state index contributed by atoms with van der Waals surface area (Å²) in [7, 11) is 1.66. The molecule has 1 saturated heterocycles. The Kier molecular flexibility index (Phi) is 4.94. The van der Waals surface area contributed by atoms with E-state index < -0.39 is 0 Å². The molecule has 2 aromatic rings. The predicted molar refractivity (Wildman–Crippen MR) is 99.7 cm³/mol. The van der Waals surface area contributed by atoms with Gasteiger partial charge >= 0.3 is 0 Å². The van der Waals surface area contributed by atoms with Crippen molar-refractivity contribution in [2.45, 2.75) is 0 Å². The van der Waals surface area contributed by atoms with Gasteiger partial charge in [0.25, 0.3) is 5.91 Å². The van der Waals surface area contributed by atoms with Crippen LogP contribution >= 0.6 is 15.9 Å². The SMILES string of the molecule is COc1ccc(N2CCN(C(=O)c3ccc(Br)c(N)c3)CC2)cc1. The van der Waals surface area contributed by atoms with E-state index in [-0.39, 0.29) is 5.91 Å². The first kappa shape index (κ1) is 16.6. The molecule has 0 bridgehead atoms. The third kappa shape index (κ3) is 3.48. The van der Waals surface area contributed by atoms with Gasteiger partial charge in [-0.05, 0) is 58.4 Å². The van der Waals surface area contributed by atoms with Crippen LogP contribution in [0.25, 0.3) is 0 Å². The van der Waals surface area contributed by atoms with Gasteiger partial charge in [-0.3, -0.25) is 4.79 Å². The van der Waals surface area contributed by atoms with Crippen molar-refractivity contribution < 1.29 is 9.53 Å². The molecule has 3 rings (SSSR count). The van der Waals surface area contributed by atoms with Crippen molar-refractivity contribution in [1.82, 2.24) is 4.90 Å². The first-order chi connectivity index (χ1) is 11.6. The van der Waals surface area contributed by atoms with Gasteiger partial charge in [-0.15, -0.1) is 0 Å². The number of rotatable bonds is 3. The van der Waals surface area contributed by atoms with E-state index in [1.165, 1.54) is 0 Å². The maximum atomic E-state index is 12.6. The summed E-state index contributed by atoms with van der Waals surface area (Å²) < 4.78 is 6.00. The fraction of sp³-hybridized carbons (Fsp3) is 0.278. The van der Waals surface area contributed by atoms with Crippen molar-refractivity contribution in [3.8, 4) is 5.75 Å². The summed E-state index contributed by atoms with van der Waals surface area (Å²) in [5.74, 6) is 0.879. The van der Waals surface area contributed by atoms with Crippen molar-refractivity contribution in [2.75, 3.05) is 43.9 Å². The van der Waals surface area contributed by atoms with Crippen molar-refractivity contribution in [2.24, 2.45) is 0 Å². The molecule has 0 aliphatic carbocycles. The second-order valence-corrected chi connectivity index (χ2v) is 6.57. The van der Waals surface area contributed by atoms with Crippen LogP contribution in [0.2, 0.25) is 0 Å². The van der Waals surface area contributed by atoms with Crippen LogP contribution in [0, 0.1) is 0 Å². The molecule has 24 heavy (non-hydrogen) atoms. The number of halogens is 1. The maximum absolute atomic E-state index is 12.6. The Bertz CT molecular complexity index is 726. The lowest BCUT2D eigenvalue weighted by Crippen LogP contribution is -2.48. The molecule has 0 saturated carbocycles. The lowest BCUT2D eigenvalue weighted by Gasteiger charge is -2.36. The second kappa shape index (κ2) is 7.13. The number of amides is 1. The number of nitrogen functional groups attached to an aromatic ring is 1. The molecule has 0 spiro atoms. The van der Waals surface area contributed by atoms with E-state index in [1.54, 1.807) is 19.2 Å². The second-order valence-electron chi connectivity index (χ2n) is 5.71. The van der Waals surface area contributed by atoms with E-state index in [0.29, 0.717) is 24.3 Å². The molecule has 5 nitrogen and oxygen atoms in total. The molecule has 0 radical (unpaired) electrons. The zero-order valence-corrected chi connectivity index (χ0v) is 15.1. The zero-order valence-electron chi connectivity index (χ0n) is 13.5. The molecule has 1 fully saturated rings. The van der Waals surface area contributed by atoms with Crippen molar-refractivity contribution in [1.29, 1.82) is 0 Å². The van der Waals surface area contributed by atoms with Crippen LogP contribution < -0.4 is 15.4 Å². The highest BCUT2D eigenvalue weighted by Gasteiger charge is 2.22. The average molecular weight is 390 g/mol. The monoisotopic (exact) mass is 389 g/mol. The summed E-state index contributed by atoms with van der Waals surface area (Å²) in [5.41, 5.74) is 8.24. The molecule has 1 heterocycles. The van der Waals surface area contributed by atoms with E-state index in [2.05, 4.69) is 20.8 Å². The average Bonchev–Trinajstić information content (AvgIpc) is 2.63. The molecular weight excluding hydrogens is 370 g/mol. The summed E-state index contributed by atoms with van der Waals surface area (Å²) in [4.78, 5) is 16.8. The van der Waals surface area contributed by atoms with Crippen LogP contribution in [0.15, 0.2) is 46.9 Å². The van der Waals surface area contributed by atoms with Crippen molar-refractivity contribution >= 4 is 33.2 Å². The number of carbonyl (C=O) groups is 1. The molecule has 1 aliphatic heterocycles. The van der Waals surface area contributed by atoms with Gasteiger partial charge in [0.2, 0.25) is 0 Å². The number of piperazine rings is 1. The molecule has 2 N–H and O–H groups in total. The van der Waals surface area contributed by atoms with Crippen LogP contribution in [-0.2, 0) is 0 Å². The quantitative estimate of drug-likeness (QED) is 0.819. The van der Waals surface area contributed by atoms with Gasteiger partial charge in [-0.1, -0.05) is 0 Å². The summed E-state index contributed by atoms with van der Waals surface area (Å²) in [5, 5.41) is 0. The van der Waals surface area contributed by atoms with Crippen LogP contribution in [0.1, 0.15) is 10.4 Å². The smallest absolute Gasteiger partial charge is 0.254 e. The lowest BCUT2D eigenvalue weighted by molar-refractivity contribution is 0.0747. The maximum Gasteiger partial charge on any atom is 0.254 e. The molecular formula is C18H20BrN3O2. The number of ether oxygens (including phenoxy) is 1. The number of hydrogen-bond donors (Lipinski definition) is 1. The molecule has 1 aliphatic rings. The fourth-order valence-corrected chi connectivity index (χ4v) is 3.07. The zero-order chi connectivity index (χ0) is 17.1. The minimum atomic E-state index is 0.0311. The van der Waals surface area contributed by atoms with E-state index in [1.807, 2.05) is 35.2 Å². The number of benzene rings is 2. The number of carbonyl (C=O) groups excluding carboxylic acids is 1. The van der Waals surface area contributed by atoms with Gasteiger partial charge in [0.15, 0.2) is 0 Å². The molecule has 1 amide bonds. The van der Waals surface area contributed by atoms with Gasteiger partial charge in [0.05, 0.1) is 7.11 Å². The number of anilines is 2. The Morgan fingerprint density at radius 3 is 2.33 bits per heavy atom. The van der Waals surface area contributed by atoms with Crippen LogP contribution in [0.4, 0.5) is 11.4 Å². The summed E-state index contributed by atoms with van der Waals surface area (Å²) >= 11 is 3.35. The van der Waals surface area contributed by atoms with Crippen molar-refractivity contribution in [3.05, 3.63) is 52.5 Å². The third-order valence-electron chi connectivity index (χ3n) is 4.25. The van der Waals surface area contributed by atoms with Gasteiger partial charge in [0.1, 0.15) is 5.75 Å². The molecule has 0 aromatic heterocycles.